The van der Waals surface area contributed by atoms with E-state index >= 15 is 0 Å². The molecular weight excluding hydrogens is 249 g/mol. The van der Waals surface area contributed by atoms with E-state index in [1.54, 1.807) is 32.4 Å². The van der Waals surface area contributed by atoms with Crippen LogP contribution in [0, 0.1) is 5.95 Å². The highest BCUT2D eigenvalue weighted by Crippen LogP contribution is 2.28. The number of aromatic nitrogens is 1. The third-order valence-electron chi connectivity index (χ3n) is 2.57. The summed E-state index contributed by atoms with van der Waals surface area (Å²) in [7, 11) is 3.13. The number of hydrogen-bond donors (Lipinski definition) is 0. The smallest absolute Gasteiger partial charge is 0.255 e. The number of pyridine rings is 1. The SMILES string of the molecule is COc1ccc(COc2cccnc2F)cc1OC. The number of methoxy groups -OCH3 is 2. The summed E-state index contributed by atoms with van der Waals surface area (Å²) < 4.78 is 29.0. The zero-order valence-electron chi connectivity index (χ0n) is 10.7. The molecule has 1 aromatic carbocycles. The van der Waals surface area contributed by atoms with E-state index in [0.717, 1.165) is 5.56 Å². The summed E-state index contributed by atoms with van der Waals surface area (Å²) in [5, 5.41) is 0. The zero-order valence-corrected chi connectivity index (χ0v) is 10.7. The Morgan fingerprint density at radius 1 is 1.05 bits per heavy atom. The van der Waals surface area contributed by atoms with Crippen LogP contribution in [-0.2, 0) is 6.61 Å². The molecule has 0 N–H and O–H groups in total. The first-order valence-corrected chi connectivity index (χ1v) is 5.69. The lowest BCUT2D eigenvalue weighted by atomic mass is 10.2. The van der Waals surface area contributed by atoms with Crippen molar-refractivity contribution in [3.05, 3.63) is 48.0 Å². The van der Waals surface area contributed by atoms with Gasteiger partial charge in [0.1, 0.15) is 6.61 Å². The molecule has 0 aliphatic rings. The Morgan fingerprint density at radius 2 is 1.84 bits per heavy atom. The third kappa shape index (κ3) is 3.13. The van der Waals surface area contributed by atoms with Gasteiger partial charge in [0.05, 0.1) is 14.2 Å². The summed E-state index contributed by atoms with van der Waals surface area (Å²) in [5.74, 6) is 0.745. The first-order valence-electron chi connectivity index (χ1n) is 5.69. The highest BCUT2D eigenvalue weighted by Gasteiger charge is 2.07. The van der Waals surface area contributed by atoms with E-state index in [2.05, 4.69) is 4.98 Å². The topological polar surface area (TPSA) is 40.6 Å². The highest BCUT2D eigenvalue weighted by atomic mass is 19.1. The molecule has 0 radical (unpaired) electrons. The standard InChI is InChI=1S/C14H14FNO3/c1-17-11-6-5-10(8-13(11)18-2)9-19-12-4-3-7-16-14(12)15/h3-8H,9H2,1-2H3. The Hall–Kier alpha value is -2.30. The fraction of sp³-hybridized carbons (Fsp3) is 0.214. The maximum absolute atomic E-state index is 13.3. The molecule has 0 fully saturated rings. The minimum Gasteiger partial charge on any atom is -0.493 e. The van der Waals surface area contributed by atoms with E-state index in [4.69, 9.17) is 14.2 Å². The quantitative estimate of drug-likeness (QED) is 0.778. The van der Waals surface area contributed by atoms with Gasteiger partial charge in [0.2, 0.25) is 0 Å². The van der Waals surface area contributed by atoms with Crippen LogP contribution in [0.5, 0.6) is 17.2 Å². The molecule has 5 heteroatoms. The summed E-state index contributed by atoms with van der Waals surface area (Å²) in [5.41, 5.74) is 0.848. The number of hydrogen-bond acceptors (Lipinski definition) is 4. The van der Waals surface area contributed by atoms with Crippen molar-refractivity contribution in [2.75, 3.05) is 14.2 Å². The van der Waals surface area contributed by atoms with Gasteiger partial charge in [-0.3, -0.25) is 0 Å². The van der Waals surface area contributed by atoms with Gasteiger partial charge in [0.25, 0.3) is 5.95 Å². The van der Waals surface area contributed by atoms with Gasteiger partial charge in [0, 0.05) is 6.20 Å². The van der Waals surface area contributed by atoms with Gasteiger partial charge in [-0.15, -0.1) is 0 Å². The molecule has 0 spiro atoms. The summed E-state index contributed by atoms with van der Waals surface area (Å²) >= 11 is 0. The largest absolute Gasteiger partial charge is 0.493 e. The van der Waals surface area contributed by atoms with Crippen molar-refractivity contribution in [2.45, 2.75) is 6.61 Å². The minimum atomic E-state index is -0.622. The molecule has 2 aromatic rings. The molecule has 100 valence electrons. The van der Waals surface area contributed by atoms with Crippen LogP contribution in [-0.4, -0.2) is 19.2 Å². The zero-order chi connectivity index (χ0) is 13.7. The molecule has 1 aromatic heterocycles. The summed E-state index contributed by atoms with van der Waals surface area (Å²) in [4.78, 5) is 3.52. The van der Waals surface area contributed by atoms with E-state index in [1.165, 1.54) is 12.3 Å². The average molecular weight is 263 g/mol. The highest BCUT2D eigenvalue weighted by molar-refractivity contribution is 5.42. The number of rotatable bonds is 5. The molecule has 0 atom stereocenters. The molecule has 0 saturated heterocycles. The number of ether oxygens (including phenoxy) is 3. The van der Waals surface area contributed by atoms with Gasteiger partial charge in [-0.25, -0.2) is 4.98 Å². The second kappa shape index (κ2) is 6.04. The number of nitrogens with zero attached hydrogens (tertiary/aromatic N) is 1. The van der Waals surface area contributed by atoms with Gasteiger partial charge < -0.3 is 14.2 Å². The van der Waals surface area contributed by atoms with E-state index in [0.29, 0.717) is 11.5 Å². The summed E-state index contributed by atoms with van der Waals surface area (Å²) in [6, 6.07) is 8.54. The maximum Gasteiger partial charge on any atom is 0.255 e. The third-order valence-corrected chi connectivity index (χ3v) is 2.57. The fourth-order valence-corrected chi connectivity index (χ4v) is 1.61. The number of halogens is 1. The molecule has 0 amide bonds. The maximum atomic E-state index is 13.3. The van der Waals surface area contributed by atoms with Crippen LogP contribution >= 0.6 is 0 Å². The van der Waals surface area contributed by atoms with E-state index in [-0.39, 0.29) is 12.4 Å². The van der Waals surface area contributed by atoms with Crippen LogP contribution in [0.4, 0.5) is 4.39 Å². The van der Waals surface area contributed by atoms with Gasteiger partial charge >= 0.3 is 0 Å². The van der Waals surface area contributed by atoms with Gasteiger partial charge in [-0.2, -0.15) is 4.39 Å². The first kappa shape index (κ1) is 13.1. The van der Waals surface area contributed by atoms with Crippen LogP contribution in [0.15, 0.2) is 36.5 Å². The van der Waals surface area contributed by atoms with Crippen molar-refractivity contribution in [2.24, 2.45) is 0 Å². The molecule has 1 heterocycles. The van der Waals surface area contributed by atoms with E-state index < -0.39 is 5.95 Å². The Labute approximate surface area is 110 Å². The second-order valence-electron chi connectivity index (χ2n) is 3.77. The summed E-state index contributed by atoms with van der Waals surface area (Å²) in [6.45, 7) is 0.225. The lowest BCUT2D eigenvalue weighted by molar-refractivity contribution is 0.284. The predicted octanol–water partition coefficient (Wildman–Crippen LogP) is 2.82. The minimum absolute atomic E-state index is 0.122. The van der Waals surface area contributed by atoms with Gasteiger partial charge in [0.15, 0.2) is 17.2 Å². The molecule has 19 heavy (non-hydrogen) atoms. The Morgan fingerprint density at radius 3 is 2.53 bits per heavy atom. The van der Waals surface area contributed by atoms with E-state index in [1.807, 2.05) is 6.07 Å². The molecular formula is C14H14FNO3. The van der Waals surface area contributed by atoms with Crippen molar-refractivity contribution in [3.8, 4) is 17.2 Å². The predicted molar refractivity (Wildman–Crippen MR) is 68.1 cm³/mol. The van der Waals surface area contributed by atoms with Crippen molar-refractivity contribution in [3.63, 3.8) is 0 Å². The van der Waals surface area contributed by atoms with Crippen molar-refractivity contribution in [1.29, 1.82) is 0 Å². The Kier molecular flexibility index (Phi) is 4.18. The van der Waals surface area contributed by atoms with Crippen molar-refractivity contribution >= 4 is 0 Å². The lowest BCUT2D eigenvalue weighted by Gasteiger charge is -2.10. The van der Waals surface area contributed by atoms with E-state index in [9.17, 15) is 4.39 Å². The van der Waals surface area contributed by atoms with Crippen LogP contribution in [0.2, 0.25) is 0 Å². The molecule has 2 rings (SSSR count). The average Bonchev–Trinajstić information content (AvgIpc) is 2.46. The molecule has 0 saturated carbocycles. The summed E-state index contributed by atoms with van der Waals surface area (Å²) in [6.07, 6.45) is 1.37. The second-order valence-corrected chi connectivity index (χ2v) is 3.77. The lowest BCUT2D eigenvalue weighted by Crippen LogP contribution is -1.99. The molecule has 0 unspecified atom stereocenters. The van der Waals surface area contributed by atoms with Gasteiger partial charge in [-0.1, -0.05) is 6.07 Å². The Bertz CT molecular complexity index is 560. The molecule has 0 aliphatic heterocycles. The normalized spacial score (nSPS) is 10.1. The first-order chi connectivity index (χ1) is 9.24. The monoisotopic (exact) mass is 263 g/mol. The van der Waals surface area contributed by atoms with Crippen LogP contribution in [0.1, 0.15) is 5.56 Å². The van der Waals surface area contributed by atoms with Gasteiger partial charge in [-0.05, 0) is 29.8 Å². The molecule has 4 nitrogen and oxygen atoms in total. The molecule has 0 aliphatic carbocycles. The fourth-order valence-electron chi connectivity index (χ4n) is 1.61. The number of benzene rings is 1. The Balaban J connectivity index is 2.10. The van der Waals surface area contributed by atoms with Crippen LogP contribution in [0.25, 0.3) is 0 Å². The van der Waals surface area contributed by atoms with Crippen molar-refractivity contribution in [1.82, 2.24) is 4.98 Å². The molecule has 0 bridgehead atoms. The van der Waals surface area contributed by atoms with Crippen molar-refractivity contribution < 1.29 is 18.6 Å². The van der Waals surface area contributed by atoms with Crippen LogP contribution in [0.3, 0.4) is 0 Å². The van der Waals surface area contributed by atoms with Crippen LogP contribution < -0.4 is 14.2 Å².